The van der Waals surface area contributed by atoms with Crippen LogP contribution in [0.25, 0.3) is 0 Å². The Morgan fingerprint density at radius 3 is 2.30 bits per heavy atom. The maximum atomic E-state index is 14.1. The Kier molecular flexibility index (Phi) is 8.27. The van der Waals surface area contributed by atoms with E-state index in [1.54, 1.807) is 0 Å². The van der Waals surface area contributed by atoms with E-state index in [1.807, 2.05) is 5.38 Å². The number of ether oxygens (including phenoxy) is 2. The summed E-state index contributed by atoms with van der Waals surface area (Å²) in [6.45, 7) is 1.09. The van der Waals surface area contributed by atoms with Gasteiger partial charge in [-0.15, -0.1) is 11.6 Å². The van der Waals surface area contributed by atoms with E-state index >= 15 is 0 Å². The van der Waals surface area contributed by atoms with Crippen molar-refractivity contribution in [2.75, 3.05) is 17.9 Å². The number of nitrogens with zero attached hydrogens (tertiary/aromatic N) is 1. The molecule has 0 heterocycles. The fraction of sp³-hybridized carbons (Fsp3) is 0.381. The van der Waals surface area contributed by atoms with Crippen molar-refractivity contribution in [1.29, 1.82) is 0 Å². The van der Waals surface area contributed by atoms with E-state index in [0.29, 0.717) is 19.3 Å². The van der Waals surface area contributed by atoms with Crippen LogP contribution in [0.5, 0.6) is 5.75 Å². The summed E-state index contributed by atoms with van der Waals surface area (Å²) in [5, 5.41) is 1.92. The standard InChI is InChI=1S/C21H20Cl2FNO5/c1-21(24,11-12-22)30-15-9-7-14(8-10-15)25(18(26)13-23)19(27)16-5-3-4-6-17(16)20(28)29-2/h7-10H,3-6,13H2,1-2H3. The molecule has 0 N–H and O–H groups in total. The number of benzene rings is 1. The summed E-state index contributed by atoms with van der Waals surface area (Å²) < 4.78 is 23.9. The Balaban J connectivity index is 2.39. The number of hydrogen-bond acceptors (Lipinski definition) is 5. The number of methoxy groups -OCH3 is 1. The van der Waals surface area contributed by atoms with Crippen molar-refractivity contribution in [2.45, 2.75) is 38.5 Å². The van der Waals surface area contributed by atoms with E-state index in [-0.39, 0.29) is 22.6 Å². The minimum atomic E-state index is -2.31. The highest BCUT2D eigenvalue weighted by molar-refractivity contribution is 6.34. The maximum Gasteiger partial charge on any atom is 0.334 e. The zero-order valence-corrected chi connectivity index (χ0v) is 18.0. The average Bonchev–Trinajstić information content (AvgIpc) is 2.73. The molecular formula is C21H20Cl2FNO5. The molecule has 0 radical (unpaired) electrons. The molecule has 160 valence electrons. The minimum Gasteiger partial charge on any atom is -0.466 e. The molecule has 0 saturated heterocycles. The number of amides is 2. The molecule has 0 saturated carbocycles. The summed E-state index contributed by atoms with van der Waals surface area (Å²) in [6.07, 6.45) is 2.17. The van der Waals surface area contributed by atoms with Crippen molar-refractivity contribution in [1.82, 2.24) is 0 Å². The molecular weight excluding hydrogens is 436 g/mol. The van der Waals surface area contributed by atoms with E-state index < -0.39 is 29.5 Å². The van der Waals surface area contributed by atoms with Gasteiger partial charge in [0.05, 0.1) is 12.8 Å². The van der Waals surface area contributed by atoms with E-state index in [1.165, 1.54) is 31.4 Å². The molecule has 9 heteroatoms. The minimum absolute atomic E-state index is 0.112. The molecule has 0 aromatic heterocycles. The van der Waals surface area contributed by atoms with Crippen molar-refractivity contribution in [3.05, 3.63) is 35.4 Å². The first-order chi connectivity index (χ1) is 14.2. The van der Waals surface area contributed by atoms with Crippen molar-refractivity contribution in [3.63, 3.8) is 0 Å². The van der Waals surface area contributed by atoms with Crippen molar-refractivity contribution >= 4 is 46.7 Å². The van der Waals surface area contributed by atoms with Crippen LogP contribution in [-0.4, -0.2) is 36.6 Å². The monoisotopic (exact) mass is 455 g/mol. The molecule has 6 nitrogen and oxygen atoms in total. The lowest BCUT2D eigenvalue weighted by Gasteiger charge is -2.25. The third kappa shape index (κ3) is 5.74. The second-order valence-corrected chi connectivity index (χ2v) is 7.01. The van der Waals surface area contributed by atoms with Crippen LogP contribution in [0.3, 0.4) is 0 Å². The number of esters is 1. The quantitative estimate of drug-likeness (QED) is 0.366. The first-order valence-electron chi connectivity index (χ1n) is 9.08. The summed E-state index contributed by atoms with van der Waals surface area (Å²) in [4.78, 5) is 38.6. The molecule has 1 unspecified atom stereocenters. The van der Waals surface area contributed by atoms with Crippen LogP contribution < -0.4 is 9.64 Å². The van der Waals surface area contributed by atoms with Gasteiger partial charge in [0.1, 0.15) is 11.6 Å². The highest BCUT2D eigenvalue weighted by Crippen LogP contribution is 2.30. The molecule has 2 amide bonds. The highest BCUT2D eigenvalue weighted by Gasteiger charge is 2.31. The lowest BCUT2D eigenvalue weighted by atomic mass is 9.90. The van der Waals surface area contributed by atoms with Gasteiger partial charge < -0.3 is 9.47 Å². The topological polar surface area (TPSA) is 72.9 Å². The zero-order valence-electron chi connectivity index (χ0n) is 16.5. The zero-order chi connectivity index (χ0) is 22.3. The van der Waals surface area contributed by atoms with Gasteiger partial charge in [-0.25, -0.2) is 9.69 Å². The Hall–Kier alpha value is -2.56. The van der Waals surface area contributed by atoms with E-state index in [4.69, 9.17) is 32.7 Å². The molecule has 1 aliphatic carbocycles. The lowest BCUT2D eigenvalue weighted by molar-refractivity contribution is -0.137. The van der Waals surface area contributed by atoms with Gasteiger partial charge >= 0.3 is 11.8 Å². The molecule has 1 aromatic carbocycles. The van der Waals surface area contributed by atoms with Crippen LogP contribution in [-0.2, 0) is 19.1 Å². The summed E-state index contributed by atoms with van der Waals surface area (Å²) in [6, 6.07) is 5.56. The second-order valence-electron chi connectivity index (χ2n) is 6.56. The summed E-state index contributed by atoms with van der Waals surface area (Å²) in [7, 11) is 1.24. The summed E-state index contributed by atoms with van der Waals surface area (Å²) in [5.74, 6) is -2.49. The molecule has 0 spiro atoms. The SMILES string of the molecule is COC(=O)C1=C(C(=O)N(C(=O)CCl)c2ccc(OC(C)(F)C#CCl)cc2)CCCC1. The van der Waals surface area contributed by atoms with Crippen LogP contribution in [0.15, 0.2) is 35.4 Å². The first kappa shape index (κ1) is 23.7. The van der Waals surface area contributed by atoms with Gasteiger partial charge in [-0.2, -0.15) is 4.39 Å². The summed E-state index contributed by atoms with van der Waals surface area (Å²) >= 11 is 10.9. The Labute approximate surface area is 183 Å². The normalized spacial score (nSPS) is 15.4. The van der Waals surface area contributed by atoms with E-state index in [9.17, 15) is 18.8 Å². The van der Waals surface area contributed by atoms with Crippen LogP contribution in [0.4, 0.5) is 10.1 Å². The molecule has 1 aromatic rings. The molecule has 30 heavy (non-hydrogen) atoms. The van der Waals surface area contributed by atoms with Crippen LogP contribution >= 0.6 is 23.2 Å². The highest BCUT2D eigenvalue weighted by atomic mass is 35.5. The number of carbonyl (C=O) groups is 3. The smallest absolute Gasteiger partial charge is 0.334 e. The van der Waals surface area contributed by atoms with Gasteiger partial charge in [0.25, 0.3) is 5.91 Å². The molecule has 1 aliphatic rings. The number of alkyl halides is 2. The Morgan fingerprint density at radius 1 is 1.17 bits per heavy atom. The number of hydrogen-bond donors (Lipinski definition) is 0. The van der Waals surface area contributed by atoms with Crippen LogP contribution in [0.2, 0.25) is 0 Å². The van der Waals surface area contributed by atoms with Crippen LogP contribution in [0.1, 0.15) is 32.6 Å². The molecule has 0 bridgehead atoms. The second kappa shape index (κ2) is 10.5. The average molecular weight is 456 g/mol. The maximum absolute atomic E-state index is 14.1. The predicted octanol–water partition coefficient (Wildman–Crippen LogP) is 4.09. The third-order valence-electron chi connectivity index (χ3n) is 4.40. The number of rotatable bonds is 6. The molecule has 0 fully saturated rings. The van der Waals surface area contributed by atoms with Crippen molar-refractivity contribution in [2.24, 2.45) is 0 Å². The fourth-order valence-electron chi connectivity index (χ4n) is 3.05. The van der Waals surface area contributed by atoms with Gasteiger partial charge in [0.15, 0.2) is 0 Å². The summed E-state index contributed by atoms with van der Waals surface area (Å²) in [5.41, 5.74) is 0.679. The Morgan fingerprint density at radius 2 is 1.77 bits per heavy atom. The van der Waals surface area contributed by atoms with Gasteiger partial charge in [0, 0.05) is 23.4 Å². The van der Waals surface area contributed by atoms with Gasteiger partial charge in [0.2, 0.25) is 5.91 Å². The number of anilines is 1. The van der Waals surface area contributed by atoms with Gasteiger partial charge in [-0.1, -0.05) is 0 Å². The first-order valence-corrected chi connectivity index (χ1v) is 9.99. The number of halogens is 3. The molecule has 0 aliphatic heterocycles. The van der Waals surface area contributed by atoms with Crippen LogP contribution in [0, 0.1) is 11.3 Å². The van der Waals surface area contributed by atoms with Crippen molar-refractivity contribution < 1.29 is 28.2 Å². The predicted molar refractivity (Wildman–Crippen MR) is 111 cm³/mol. The lowest BCUT2D eigenvalue weighted by Crippen LogP contribution is -2.40. The van der Waals surface area contributed by atoms with E-state index in [2.05, 4.69) is 5.92 Å². The van der Waals surface area contributed by atoms with E-state index in [0.717, 1.165) is 18.2 Å². The van der Waals surface area contributed by atoms with Gasteiger partial charge in [-0.05, 0) is 67.5 Å². The largest absolute Gasteiger partial charge is 0.466 e. The van der Waals surface area contributed by atoms with Crippen molar-refractivity contribution in [3.8, 4) is 17.0 Å². The van der Waals surface area contributed by atoms with Gasteiger partial charge in [-0.3, -0.25) is 9.59 Å². The number of imide groups is 1. The molecule has 1 atom stereocenters. The third-order valence-corrected chi connectivity index (χ3v) is 4.72. The number of carbonyl (C=O) groups excluding carboxylic acids is 3. The fourth-order valence-corrected chi connectivity index (χ4v) is 3.34. The Bertz CT molecular complexity index is 916. The molecule has 2 rings (SSSR count).